The van der Waals surface area contributed by atoms with Gasteiger partial charge in [0.15, 0.2) is 11.5 Å². The summed E-state index contributed by atoms with van der Waals surface area (Å²) < 4.78 is 15.9. The summed E-state index contributed by atoms with van der Waals surface area (Å²) in [5.41, 5.74) is 1.26. The first-order valence-electron chi connectivity index (χ1n) is 8.01. The number of carbonyl (C=O) groups excluding carboxylic acids is 1. The zero-order valence-corrected chi connectivity index (χ0v) is 15.9. The van der Waals surface area contributed by atoms with Gasteiger partial charge >= 0.3 is 5.97 Å². The van der Waals surface area contributed by atoms with Crippen LogP contribution in [0.25, 0.3) is 0 Å². The van der Waals surface area contributed by atoms with Crippen LogP contribution in [0.4, 0.5) is 5.69 Å². The molecule has 0 aliphatic carbocycles. The zero-order chi connectivity index (χ0) is 20.0. The van der Waals surface area contributed by atoms with E-state index in [0.29, 0.717) is 29.4 Å². The summed E-state index contributed by atoms with van der Waals surface area (Å²) in [7, 11) is 4.57. The lowest BCUT2D eigenvalue weighted by molar-refractivity contribution is -0.116. The molecule has 2 aromatic carbocycles. The van der Waals surface area contributed by atoms with Crippen LogP contribution in [0.3, 0.4) is 0 Å². The fraction of sp³-hybridized carbons (Fsp3) is 0.263. The Morgan fingerprint density at radius 2 is 1.67 bits per heavy atom. The molecule has 2 rings (SSSR count). The minimum Gasteiger partial charge on any atom is -0.493 e. The first-order chi connectivity index (χ1) is 12.9. The fourth-order valence-electron chi connectivity index (χ4n) is 2.53. The lowest BCUT2D eigenvalue weighted by atomic mass is 10.1. The molecular weight excluding hydrogens is 374 g/mol. The highest BCUT2D eigenvalue weighted by Gasteiger charge is 2.14. The van der Waals surface area contributed by atoms with Gasteiger partial charge in [0.25, 0.3) is 0 Å². The predicted octanol–water partition coefficient (Wildman–Crippen LogP) is 3.64. The number of halogens is 1. The van der Waals surface area contributed by atoms with Crippen LogP contribution in [-0.4, -0.2) is 38.3 Å². The number of rotatable bonds is 8. The number of anilines is 1. The Hall–Kier alpha value is -2.93. The highest BCUT2D eigenvalue weighted by molar-refractivity contribution is 6.33. The second-order valence-electron chi connectivity index (χ2n) is 5.58. The Kier molecular flexibility index (Phi) is 6.90. The smallest absolute Gasteiger partial charge is 0.337 e. The van der Waals surface area contributed by atoms with Gasteiger partial charge < -0.3 is 24.6 Å². The number of hydrogen-bond donors (Lipinski definition) is 2. The second-order valence-corrected chi connectivity index (χ2v) is 5.99. The Bertz CT molecular complexity index is 827. The number of methoxy groups -OCH3 is 3. The maximum Gasteiger partial charge on any atom is 0.337 e. The second kappa shape index (κ2) is 9.14. The highest BCUT2D eigenvalue weighted by Crippen LogP contribution is 2.38. The Balaban J connectivity index is 2.05. The summed E-state index contributed by atoms with van der Waals surface area (Å²) in [6.07, 6.45) is 0.653. The molecule has 1 amide bonds. The maximum absolute atomic E-state index is 12.2. The first kappa shape index (κ1) is 20.4. The number of benzene rings is 2. The molecule has 0 atom stereocenters. The standard InChI is InChI=1S/C19H20ClNO6/c1-25-15-8-11(9-16(26-2)18(15)27-3)4-7-17(22)21-12-5-6-13(19(23)24)14(20)10-12/h5-6,8-10H,4,7H2,1-3H3,(H,21,22)(H,23,24). The molecule has 0 radical (unpaired) electrons. The maximum atomic E-state index is 12.2. The SMILES string of the molecule is COc1cc(CCC(=O)Nc2ccc(C(=O)O)c(Cl)c2)cc(OC)c1OC. The van der Waals surface area contributed by atoms with E-state index in [1.165, 1.54) is 39.5 Å². The molecule has 2 N–H and O–H groups in total. The van der Waals surface area contributed by atoms with Crippen LogP contribution in [-0.2, 0) is 11.2 Å². The monoisotopic (exact) mass is 393 g/mol. The van der Waals surface area contributed by atoms with E-state index in [9.17, 15) is 9.59 Å². The lowest BCUT2D eigenvalue weighted by Gasteiger charge is -2.14. The number of aryl methyl sites for hydroxylation is 1. The van der Waals surface area contributed by atoms with Crippen LogP contribution in [0.2, 0.25) is 5.02 Å². The van der Waals surface area contributed by atoms with Gasteiger partial charge in [-0.2, -0.15) is 0 Å². The molecule has 0 fully saturated rings. The van der Waals surface area contributed by atoms with Gasteiger partial charge in [-0.1, -0.05) is 11.6 Å². The average Bonchev–Trinajstić information content (AvgIpc) is 2.65. The van der Waals surface area contributed by atoms with E-state index in [-0.39, 0.29) is 22.9 Å². The molecule has 8 heteroatoms. The Morgan fingerprint density at radius 1 is 1.04 bits per heavy atom. The molecule has 0 aliphatic rings. The van der Waals surface area contributed by atoms with Gasteiger partial charge in [-0.15, -0.1) is 0 Å². The van der Waals surface area contributed by atoms with E-state index >= 15 is 0 Å². The molecule has 0 spiro atoms. The number of aromatic carboxylic acids is 1. The molecule has 144 valence electrons. The molecule has 0 aliphatic heterocycles. The summed E-state index contributed by atoms with van der Waals surface area (Å²) >= 11 is 5.90. The van der Waals surface area contributed by atoms with Gasteiger partial charge in [0.05, 0.1) is 31.9 Å². The lowest BCUT2D eigenvalue weighted by Crippen LogP contribution is -2.12. The largest absolute Gasteiger partial charge is 0.493 e. The summed E-state index contributed by atoms with van der Waals surface area (Å²) in [6, 6.07) is 7.81. The molecule has 0 unspecified atom stereocenters. The quantitative estimate of drug-likeness (QED) is 0.711. The molecule has 27 heavy (non-hydrogen) atoms. The van der Waals surface area contributed by atoms with Crippen LogP contribution in [0.15, 0.2) is 30.3 Å². The Labute approximate surface area is 161 Å². The third-order valence-corrected chi connectivity index (χ3v) is 4.16. The fourth-order valence-corrected chi connectivity index (χ4v) is 2.79. The van der Waals surface area contributed by atoms with E-state index in [2.05, 4.69) is 5.32 Å². The van der Waals surface area contributed by atoms with Gasteiger partial charge in [-0.05, 0) is 42.3 Å². The first-order valence-corrected chi connectivity index (χ1v) is 8.39. The zero-order valence-electron chi connectivity index (χ0n) is 15.2. The highest BCUT2D eigenvalue weighted by atomic mass is 35.5. The topological polar surface area (TPSA) is 94.1 Å². The van der Waals surface area contributed by atoms with Gasteiger partial charge in [0.2, 0.25) is 11.7 Å². The molecule has 0 saturated carbocycles. The number of carboxylic acid groups (broad SMARTS) is 1. The van der Waals surface area contributed by atoms with E-state index in [1.54, 1.807) is 12.1 Å². The number of hydrogen-bond acceptors (Lipinski definition) is 5. The van der Waals surface area contributed by atoms with Crippen LogP contribution in [0, 0.1) is 0 Å². The minimum absolute atomic E-state index is 0.0212. The van der Waals surface area contributed by atoms with Crippen molar-refractivity contribution in [1.82, 2.24) is 0 Å². The van der Waals surface area contributed by atoms with Gasteiger partial charge in [-0.3, -0.25) is 4.79 Å². The van der Waals surface area contributed by atoms with Crippen LogP contribution in [0.1, 0.15) is 22.3 Å². The van der Waals surface area contributed by atoms with Crippen molar-refractivity contribution in [3.63, 3.8) is 0 Å². The Morgan fingerprint density at radius 3 is 2.15 bits per heavy atom. The summed E-state index contributed by atoms with van der Waals surface area (Å²) in [5.74, 6) is 0.163. The molecule has 0 aromatic heterocycles. The van der Waals surface area contributed by atoms with Crippen molar-refractivity contribution < 1.29 is 28.9 Å². The molecule has 0 heterocycles. The van der Waals surface area contributed by atoms with Crippen LogP contribution >= 0.6 is 11.6 Å². The van der Waals surface area contributed by atoms with Crippen molar-refractivity contribution in [2.45, 2.75) is 12.8 Å². The molecular formula is C19H20ClNO6. The van der Waals surface area contributed by atoms with Gasteiger partial charge in [-0.25, -0.2) is 4.79 Å². The van der Waals surface area contributed by atoms with Crippen molar-refractivity contribution in [1.29, 1.82) is 0 Å². The number of ether oxygens (including phenoxy) is 3. The van der Waals surface area contributed by atoms with Crippen LogP contribution in [0.5, 0.6) is 17.2 Å². The third kappa shape index (κ3) is 5.04. The van der Waals surface area contributed by atoms with E-state index in [0.717, 1.165) is 5.56 Å². The molecule has 7 nitrogen and oxygen atoms in total. The van der Waals surface area contributed by atoms with Crippen molar-refractivity contribution in [3.05, 3.63) is 46.5 Å². The molecule has 0 bridgehead atoms. The van der Waals surface area contributed by atoms with E-state index in [1.807, 2.05) is 0 Å². The number of nitrogens with one attached hydrogen (secondary N) is 1. The normalized spacial score (nSPS) is 10.2. The van der Waals surface area contributed by atoms with Crippen molar-refractivity contribution in [2.24, 2.45) is 0 Å². The van der Waals surface area contributed by atoms with Crippen molar-refractivity contribution in [3.8, 4) is 17.2 Å². The summed E-state index contributed by atoms with van der Waals surface area (Å²) in [5, 5.41) is 11.7. The van der Waals surface area contributed by atoms with Gasteiger partial charge in [0, 0.05) is 12.1 Å². The van der Waals surface area contributed by atoms with Crippen molar-refractivity contribution >= 4 is 29.2 Å². The van der Waals surface area contributed by atoms with E-state index in [4.69, 9.17) is 30.9 Å². The number of carboxylic acids is 1. The molecule has 2 aromatic rings. The summed E-state index contributed by atoms with van der Waals surface area (Å²) in [6.45, 7) is 0. The minimum atomic E-state index is -1.12. The van der Waals surface area contributed by atoms with Crippen molar-refractivity contribution in [2.75, 3.05) is 26.6 Å². The number of amides is 1. The third-order valence-electron chi connectivity index (χ3n) is 3.85. The number of carbonyl (C=O) groups is 2. The average molecular weight is 394 g/mol. The summed E-state index contributed by atoms with van der Waals surface area (Å²) in [4.78, 5) is 23.2. The van der Waals surface area contributed by atoms with Gasteiger partial charge in [0.1, 0.15) is 0 Å². The predicted molar refractivity (Wildman–Crippen MR) is 101 cm³/mol. The van der Waals surface area contributed by atoms with E-state index < -0.39 is 5.97 Å². The van der Waals surface area contributed by atoms with Crippen LogP contribution < -0.4 is 19.5 Å². The molecule has 0 saturated heterocycles.